The van der Waals surface area contributed by atoms with Crippen molar-refractivity contribution in [3.63, 3.8) is 0 Å². The molecule has 5 heteroatoms. The maximum atomic E-state index is 11.3. The number of carboxylic acids is 1. The summed E-state index contributed by atoms with van der Waals surface area (Å²) in [5.74, 6) is -1.24. The van der Waals surface area contributed by atoms with E-state index in [-0.39, 0.29) is 19.2 Å². The topological polar surface area (TPSA) is 83.8 Å². The second-order valence-electron chi connectivity index (χ2n) is 6.44. The SMILES string of the molecule is C=C(C)CCC(=CCCC(=CCCC(C)=CCO)COC(C)=O)C(=O)O. The minimum absolute atomic E-state index is 0.0306. The van der Waals surface area contributed by atoms with Crippen LogP contribution in [0.25, 0.3) is 0 Å². The molecular weight excluding hydrogens is 332 g/mol. The Labute approximate surface area is 156 Å². The lowest BCUT2D eigenvalue weighted by atomic mass is 10.0. The van der Waals surface area contributed by atoms with Gasteiger partial charge in [0.25, 0.3) is 0 Å². The van der Waals surface area contributed by atoms with E-state index in [2.05, 4.69) is 6.58 Å². The van der Waals surface area contributed by atoms with Crippen molar-refractivity contribution in [2.45, 2.75) is 59.3 Å². The fraction of sp³-hybridized carbons (Fsp3) is 0.524. The zero-order chi connectivity index (χ0) is 19.9. The second-order valence-corrected chi connectivity index (χ2v) is 6.44. The summed E-state index contributed by atoms with van der Waals surface area (Å²) in [7, 11) is 0. The van der Waals surface area contributed by atoms with Crippen molar-refractivity contribution in [3.8, 4) is 0 Å². The van der Waals surface area contributed by atoms with E-state index < -0.39 is 5.97 Å². The predicted molar refractivity (Wildman–Crippen MR) is 104 cm³/mol. The minimum Gasteiger partial charge on any atom is -0.478 e. The van der Waals surface area contributed by atoms with E-state index in [9.17, 15) is 14.7 Å². The number of aliphatic hydroxyl groups is 1. The van der Waals surface area contributed by atoms with Gasteiger partial charge in [0.05, 0.1) is 6.61 Å². The van der Waals surface area contributed by atoms with Crippen LogP contribution >= 0.6 is 0 Å². The molecule has 5 nitrogen and oxygen atoms in total. The van der Waals surface area contributed by atoms with Crippen LogP contribution in [0.1, 0.15) is 59.3 Å². The van der Waals surface area contributed by atoms with Crippen LogP contribution in [0, 0.1) is 0 Å². The highest BCUT2D eigenvalue weighted by molar-refractivity contribution is 5.86. The summed E-state index contributed by atoms with van der Waals surface area (Å²) < 4.78 is 5.08. The van der Waals surface area contributed by atoms with Crippen molar-refractivity contribution < 1.29 is 24.5 Å². The van der Waals surface area contributed by atoms with Gasteiger partial charge in [-0.25, -0.2) is 4.79 Å². The van der Waals surface area contributed by atoms with Gasteiger partial charge >= 0.3 is 11.9 Å². The highest BCUT2D eigenvalue weighted by Gasteiger charge is 2.07. The zero-order valence-corrected chi connectivity index (χ0v) is 16.2. The third-order valence-corrected chi connectivity index (χ3v) is 3.82. The highest BCUT2D eigenvalue weighted by atomic mass is 16.5. The van der Waals surface area contributed by atoms with Crippen molar-refractivity contribution >= 4 is 11.9 Å². The molecule has 0 aromatic rings. The van der Waals surface area contributed by atoms with Crippen LogP contribution in [0.4, 0.5) is 0 Å². The van der Waals surface area contributed by atoms with Gasteiger partial charge < -0.3 is 14.9 Å². The van der Waals surface area contributed by atoms with Crippen molar-refractivity contribution in [1.29, 1.82) is 0 Å². The number of aliphatic hydroxyl groups excluding tert-OH is 1. The first-order chi connectivity index (χ1) is 12.3. The van der Waals surface area contributed by atoms with Crippen LogP contribution in [-0.4, -0.2) is 35.4 Å². The summed E-state index contributed by atoms with van der Waals surface area (Å²) in [6.45, 7) is 9.26. The third-order valence-electron chi connectivity index (χ3n) is 3.82. The molecular formula is C21H32O5. The maximum absolute atomic E-state index is 11.3. The molecule has 0 saturated carbocycles. The number of hydrogen-bond donors (Lipinski definition) is 2. The normalized spacial score (nSPS) is 12.8. The molecule has 0 aliphatic rings. The van der Waals surface area contributed by atoms with Gasteiger partial charge in [-0.05, 0) is 57.9 Å². The second kappa shape index (κ2) is 14.1. The molecule has 0 radical (unpaired) electrons. The molecule has 0 rings (SSSR count). The quantitative estimate of drug-likeness (QED) is 0.288. The molecule has 0 unspecified atom stereocenters. The summed E-state index contributed by atoms with van der Waals surface area (Å²) in [5, 5.41) is 18.1. The van der Waals surface area contributed by atoms with Crippen molar-refractivity contribution in [1.82, 2.24) is 0 Å². The van der Waals surface area contributed by atoms with Crippen LogP contribution < -0.4 is 0 Å². The molecule has 0 fully saturated rings. The number of ether oxygens (including phenoxy) is 1. The first kappa shape index (κ1) is 23.9. The van der Waals surface area contributed by atoms with Crippen molar-refractivity contribution in [3.05, 3.63) is 47.1 Å². The Morgan fingerprint density at radius 2 is 1.62 bits per heavy atom. The van der Waals surface area contributed by atoms with E-state index >= 15 is 0 Å². The number of hydrogen-bond acceptors (Lipinski definition) is 4. The molecule has 0 spiro atoms. The molecule has 0 aromatic heterocycles. The standard InChI is InChI=1S/C21H32O5/c1-16(2)11-12-20(21(24)25)10-6-9-19(15-26-18(4)23)8-5-7-17(3)13-14-22/h8,10,13,22H,1,5-7,9,11-12,14-15H2,2-4H3,(H,24,25). The molecule has 2 N–H and O–H groups in total. The molecule has 0 aromatic carbocycles. The van der Waals surface area contributed by atoms with E-state index in [1.807, 2.05) is 19.9 Å². The Balaban J connectivity index is 4.80. The van der Waals surface area contributed by atoms with E-state index in [0.29, 0.717) is 31.3 Å². The smallest absolute Gasteiger partial charge is 0.331 e. The Bertz CT molecular complexity index is 567. The first-order valence-electron chi connectivity index (χ1n) is 8.90. The molecule has 0 aliphatic carbocycles. The zero-order valence-electron chi connectivity index (χ0n) is 16.2. The van der Waals surface area contributed by atoms with Gasteiger partial charge in [-0.15, -0.1) is 6.58 Å². The molecule has 0 amide bonds. The monoisotopic (exact) mass is 364 g/mol. The third kappa shape index (κ3) is 13.2. The molecule has 0 saturated heterocycles. The van der Waals surface area contributed by atoms with Gasteiger partial charge in [0, 0.05) is 12.5 Å². The lowest BCUT2D eigenvalue weighted by Gasteiger charge is -2.08. The van der Waals surface area contributed by atoms with Crippen LogP contribution in [0.3, 0.4) is 0 Å². The van der Waals surface area contributed by atoms with E-state index in [0.717, 1.165) is 29.6 Å². The van der Waals surface area contributed by atoms with E-state index in [1.54, 1.807) is 12.2 Å². The fourth-order valence-corrected chi connectivity index (χ4v) is 2.27. The Kier molecular flexibility index (Phi) is 12.9. The Hall–Kier alpha value is -2.14. The molecule has 0 heterocycles. The average molecular weight is 364 g/mol. The average Bonchev–Trinajstić information content (AvgIpc) is 2.54. The number of carboxylic acid groups (broad SMARTS) is 1. The van der Waals surface area contributed by atoms with Crippen LogP contribution in [-0.2, 0) is 14.3 Å². The van der Waals surface area contributed by atoms with Crippen molar-refractivity contribution in [2.75, 3.05) is 13.2 Å². The minimum atomic E-state index is -0.901. The molecule has 0 bridgehead atoms. The molecule has 26 heavy (non-hydrogen) atoms. The van der Waals surface area contributed by atoms with Crippen LogP contribution in [0.5, 0.6) is 0 Å². The summed E-state index contributed by atoms with van der Waals surface area (Å²) >= 11 is 0. The first-order valence-corrected chi connectivity index (χ1v) is 8.90. The Morgan fingerprint density at radius 1 is 0.962 bits per heavy atom. The van der Waals surface area contributed by atoms with Gasteiger partial charge in [0.1, 0.15) is 6.61 Å². The number of aliphatic carboxylic acids is 1. The van der Waals surface area contributed by atoms with Gasteiger partial charge in [-0.3, -0.25) is 4.79 Å². The van der Waals surface area contributed by atoms with Gasteiger partial charge in [-0.1, -0.05) is 29.4 Å². The summed E-state index contributed by atoms with van der Waals surface area (Å²) in [6.07, 6.45) is 9.48. The van der Waals surface area contributed by atoms with Crippen molar-refractivity contribution in [2.24, 2.45) is 0 Å². The number of rotatable bonds is 13. The van der Waals surface area contributed by atoms with Gasteiger partial charge in [0.2, 0.25) is 0 Å². The number of allylic oxidation sites excluding steroid dienone is 4. The van der Waals surface area contributed by atoms with E-state index in [1.165, 1.54) is 6.92 Å². The fourth-order valence-electron chi connectivity index (χ4n) is 2.27. The van der Waals surface area contributed by atoms with Crippen LogP contribution in [0.15, 0.2) is 47.1 Å². The Morgan fingerprint density at radius 3 is 2.15 bits per heavy atom. The van der Waals surface area contributed by atoms with Gasteiger partial charge in [0.15, 0.2) is 0 Å². The summed E-state index contributed by atoms with van der Waals surface area (Å²) in [5.41, 5.74) is 3.42. The predicted octanol–water partition coefficient (Wildman–Crippen LogP) is 4.34. The molecule has 146 valence electrons. The highest BCUT2D eigenvalue weighted by Crippen LogP contribution is 2.16. The van der Waals surface area contributed by atoms with Gasteiger partial charge in [-0.2, -0.15) is 0 Å². The largest absolute Gasteiger partial charge is 0.478 e. The maximum Gasteiger partial charge on any atom is 0.331 e. The van der Waals surface area contributed by atoms with Crippen LogP contribution in [0.2, 0.25) is 0 Å². The lowest BCUT2D eigenvalue weighted by Crippen LogP contribution is -2.04. The molecule has 0 aliphatic heterocycles. The summed E-state index contributed by atoms with van der Waals surface area (Å²) in [6, 6.07) is 0. The van der Waals surface area contributed by atoms with E-state index in [4.69, 9.17) is 9.84 Å². The lowest BCUT2D eigenvalue weighted by molar-refractivity contribution is -0.140. The number of carbonyl (C=O) groups is 2. The summed E-state index contributed by atoms with van der Waals surface area (Å²) in [4.78, 5) is 22.4. The number of carbonyl (C=O) groups excluding carboxylic acids is 1. The molecule has 0 atom stereocenters. The number of esters is 1.